The molecule has 5 atom stereocenters. The molecule has 0 aromatic carbocycles. The molecule has 0 radical (unpaired) electrons. The summed E-state index contributed by atoms with van der Waals surface area (Å²) >= 11 is 1.82. The van der Waals surface area contributed by atoms with E-state index in [4.69, 9.17) is 5.73 Å². The second kappa shape index (κ2) is 15.3. The SMILES string of the molecule is NCCCCC(NC(=O)C(Cc1cnc[nH]1)NC(=O)CNC(=O)CCCCC1SCC2NC(=O)NC21)C(=O)O. The molecule has 5 unspecified atom stereocenters. The zero-order chi connectivity index (χ0) is 28.2. The molecule has 216 valence electrons. The topological polar surface area (TPSA) is 220 Å². The number of H-pyrrole nitrogens is 1. The zero-order valence-electron chi connectivity index (χ0n) is 21.7. The van der Waals surface area contributed by atoms with Crippen molar-refractivity contribution < 1.29 is 29.1 Å². The fraction of sp³-hybridized carbons (Fsp3) is 0.667. The van der Waals surface area contributed by atoms with E-state index in [0.29, 0.717) is 36.8 Å². The summed E-state index contributed by atoms with van der Waals surface area (Å²) in [4.78, 5) is 67.6. The molecule has 0 bridgehead atoms. The van der Waals surface area contributed by atoms with Gasteiger partial charge in [0.05, 0.1) is 25.0 Å². The van der Waals surface area contributed by atoms with E-state index in [0.717, 1.165) is 18.6 Å². The lowest BCUT2D eigenvalue weighted by molar-refractivity contribution is -0.142. The maximum absolute atomic E-state index is 12.9. The highest BCUT2D eigenvalue weighted by Gasteiger charge is 2.42. The Hall–Kier alpha value is -3.33. The van der Waals surface area contributed by atoms with Crippen LogP contribution in [-0.4, -0.2) is 93.1 Å². The highest BCUT2D eigenvalue weighted by Crippen LogP contribution is 2.33. The van der Waals surface area contributed by atoms with Crippen LogP contribution in [0.5, 0.6) is 0 Å². The van der Waals surface area contributed by atoms with Crippen molar-refractivity contribution in [1.82, 2.24) is 36.6 Å². The van der Waals surface area contributed by atoms with Gasteiger partial charge in [0.1, 0.15) is 12.1 Å². The Labute approximate surface area is 230 Å². The van der Waals surface area contributed by atoms with Gasteiger partial charge >= 0.3 is 12.0 Å². The van der Waals surface area contributed by atoms with E-state index < -0.39 is 29.9 Å². The predicted octanol–water partition coefficient (Wildman–Crippen LogP) is -1.02. The second-order valence-electron chi connectivity index (χ2n) is 9.73. The van der Waals surface area contributed by atoms with E-state index in [-0.39, 0.29) is 49.8 Å². The van der Waals surface area contributed by atoms with E-state index in [9.17, 15) is 29.1 Å². The van der Waals surface area contributed by atoms with Crippen LogP contribution in [0.1, 0.15) is 50.6 Å². The van der Waals surface area contributed by atoms with Crippen LogP contribution in [0.15, 0.2) is 12.5 Å². The Morgan fingerprint density at radius 3 is 2.64 bits per heavy atom. The minimum Gasteiger partial charge on any atom is -0.480 e. The van der Waals surface area contributed by atoms with Crippen LogP contribution in [-0.2, 0) is 25.6 Å². The number of thioether (sulfide) groups is 1. The van der Waals surface area contributed by atoms with Crippen molar-refractivity contribution in [3.05, 3.63) is 18.2 Å². The molecule has 0 spiro atoms. The number of nitrogens with one attached hydrogen (secondary N) is 6. The Morgan fingerprint density at radius 2 is 1.92 bits per heavy atom. The summed E-state index contributed by atoms with van der Waals surface area (Å²) in [6.07, 6.45) is 6.99. The van der Waals surface area contributed by atoms with Crippen LogP contribution < -0.4 is 32.3 Å². The molecule has 2 aliphatic heterocycles. The summed E-state index contributed by atoms with van der Waals surface area (Å²) in [5.74, 6) is -1.79. The first kappa shape index (κ1) is 30.2. The average molecular weight is 567 g/mol. The van der Waals surface area contributed by atoms with Crippen LogP contribution in [0.4, 0.5) is 4.79 Å². The van der Waals surface area contributed by atoms with Crippen LogP contribution in [0.25, 0.3) is 0 Å². The molecular weight excluding hydrogens is 528 g/mol. The van der Waals surface area contributed by atoms with Gasteiger partial charge in [-0.3, -0.25) is 14.4 Å². The molecule has 3 heterocycles. The van der Waals surface area contributed by atoms with Crippen molar-refractivity contribution in [2.75, 3.05) is 18.8 Å². The summed E-state index contributed by atoms with van der Waals surface area (Å²) in [6.45, 7) is 0.104. The number of amides is 5. The molecular formula is C24H38N8O6S. The van der Waals surface area contributed by atoms with Crippen LogP contribution in [0.3, 0.4) is 0 Å². The van der Waals surface area contributed by atoms with Crippen LogP contribution >= 0.6 is 11.8 Å². The third-order valence-corrected chi connectivity index (χ3v) is 8.23. The molecule has 14 nitrogen and oxygen atoms in total. The van der Waals surface area contributed by atoms with E-state index in [1.165, 1.54) is 12.5 Å². The van der Waals surface area contributed by atoms with Gasteiger partial charge in [0.15, 0.2) is 0 Å². The molecule has 2 saturated heterocycles. The monoisotopic (exact) mass is 566 g/mol. The summed E-state index contributed by atoms with van der Waals surface area (Å²) in [7, 11) is 0. The maximum atomic E-state index is 12.9. The number of aromatic nitrogens is 2. The van der Waals surface area contributed by atoms with Crippen molar-refractivity contribution in [3.63, 3.8) is 0 Å². The summed E-state index contributed by atoms with van der Waals surface area (Å²) in [6, 6.07) is -2.01. The molecule has 2 fully saturated rings. The maximum Gasteiger partial charge on any atom is 0.326 e. The molecule has 39 heavy (non-hydrogen) atoms. The third kappa shape index (κ3) is 9.73. The summed E-state index contributed by atoms with van der Waals surface area (Å²) < 4.78 is 0. The molecule has 1 aromatic heterocycles. The molecule has 1 aromatic rings. The number of nitrogens with two attached hydrogens (primary N) is 1. The number of imidazole rings is 1. The fourth-order valence-corrected chi connectivity index (χ4v) is 6.18. The van der Waals surface area contributed by atoms with E-state index in [2.05, 4.69) is 36.6 Å². The number of carboxylic acids is 1. The fourth-order valence-electron chi connectivity index (χ4n) is 4.63. The highest BCUT2D eigenvalue weighted by atomic mass is 32.2. The first-order valence-corrected chi connectivity index (χ1v) is 14.3. The van der Waals surface area contributed by atoms with Crippen molar-refractivity contribution in [3.8, 4) is 0 Å². The molecule has 0 saturated carbocycles. The van der Waals surface area contributed by atoms with Gasteiger partial charge in [0, 0.05) is 35.7 Å². The first-order valence-electron chi connectivity index (χ1n) is 13.2. The lowest BCUT2D eigenvalue weighted by Gasteiger charge is -2.21. The lowest BCUT2D eigenvalue weighted by Crippen LogP contribution is -2.54. The van der Waals surface area contributed by atoms with Gasteiger partial charge in [0.2, 0.25) is 17.7 Å². The quantitative estimate of drug-likeness (QED) is 0.0852. The van der Waals surface area contributed by atoms with Crippen LogP contribution in [0, 0.1) is 0 Å². The number of carboxylic acid groups (broad SMARTS) is 1. The van der Waals surface area contributed by atoms with Gasteiger partial charge < -0.3 is 42.4 Å². The standard InChI is InChI=1S/C24H38N8O6S/c25-8-4-3-5-15(23(36)37)30-22(35)16(9-14-10-26-13-28-14)29-20(34)11-27-19(33)7-2-1-6-18-21-17(12-39-18)31-24(38)32-21/h10,13,15-18,21H,1-9,11-12,25H2,(H,26,28)(H,27,33)(H,29,34)(H,30,35)(H,36,37)(H2,31,32,38). The molecule has 5 amide bonds. The Balaban J connectivity index is 1.40. The van der Waals surface area contributed by atoms with Crippen molar-refractivity contribution >= 4 is 41.5 Å². The minimum atomic E-state index is -1.17. The Kier molecular flexibility index (Phi) is 11.9. The van der Waals surface area contributed by atoms with Crippen LogP contribution in [0.2, 0.25) is 0 Å². The number of rotatable bonds is 17. The van der Waals surface area contributed by atoms with E-state index in [1.54, 1.807) is 0 Å². The number of nitrogens with zero attached hydrogens (tertiary/aromatic N) is 1. The number of aliphatic carboxylic acids is 1. The highest BCUT2D eigenvalue weighted by molar-refractivity contribution is 8.00. The number of unbranched alkanes of at least 4 members (excludes halogenated alkanes) is 2. The molecule has 0 aliphatic carbocycles. The van der Waals surface area contributed by atoms with Gasteiger partial charge in [-0.1, -0.05) is 6.42 Å². The first-order chi connectivity index (χ1) is 18.8. The second-order valence-corrected chi connectivity index (χ2v) is 11.0. The summed E-state index contributed by atoms with van der Waals surface area (Å²) in [5.41, 5.74) is 6.04. The largest absolute Gasteiger partial charge is 0.480 e. The van der Waals surface area contributed by atoms with Crippen molar-refractivity contribution in [2.24, 2.45) is 5.73 Å². The predicted molar refractivity (Wildman–Crippen MR) is 144 cm³/mol. The summed E-state index contributed by atoms with van der Waals surface area (Å²) in [5, 5.41) is 23.3. The van der Waals surface area contributed by atoms with Gasteiger partial charge in [0.25, 0.3) is 0 Å². The number of fused-ring (bicyclic) bond motifs is 1. The normalized spacial score (nSPS) is 21.3. The Bertz CT molecular complexity index is 993. The molecule has 9 N–H and O–H groups in total. The average Bonchev–Trinajstić information content (AvgIpc) is 3.63. The third-order valence-electron chi connectivity index (χ3n) is 6.72. The van der Waals surface area contributed by atoms with Gasteiger partial charge in [-0.25, -0.2) is 14.6 Å². The van der Waals surface area contributed by atoms with Gasteiger partial charge in [-0.05, 0) is 38.6 Å². The number of hydrogen-bond donors (Lipinski definition) is 8. The number of aromatic amines is 1. The number of carbonyl (C=O) groups is 5. The van der Waals surface area contributed by atoms with Gasteiger partial charge in [-0.15, -0.1) is 0 Å². The van der Waals surface area contributed by atoms with E-state index in [1.807, 2.05) is 11.8 Å². The lowest BCUT2D eigenvalue weighted by atomic mass is 10.0. The zero-order valence-corrected chi connectivity index (χ0v) is 22.6. The molecule has 15 heteroatoms. The number of urea groups is 1. The van der Waals surface area contributed by atoms with E-state index >= 15 is 0 Å². The smallest absolute Gasteiger partial charge is 0.326 e. The minimum absolute atomic E-state index is 0.0671. The number of carbonyl (C=O) groups excluding carboxylic acids is 4. The molecule has 2 aliphatic rings. The van der Waals surface area contributed by atoms with Gasteiger partial charge in [-0.2, -0.15) is 11.8 Å². The van der Waals surface area contributed by atoms with Crippen molar-refractivity contribution in [1.29, 1.82) is 0 Å². The Morgan fingerprint density at radius 1 is 1.10 bits per heavy atom. The number of hydrogen-bond acceptors (Lipinski definition) is 8. The molecule has 3 rings (SSSR count). The van der Waals surface area contributed by atoms with Crippen molar-refractivity contribution in [2.45, 2.75) is 80.8 Å².